The third-order valence-corrected chi connectivity index (χ3v) is 11.9. The van der Waals surface area contributed by atoms with Crippen LogP contribution >= 0.6 is 0 Å². The zero-order chi connectivity index (χ0) is 47.6. The molecule has 0 saturated heterocycles. The summed E-state index contributed by atoms with van der Waals surface area (Å²) < 4.78 is 32.2. The van der Waals surface area contributed by atoms with Gasteiger partial charge in [0, 0.05) is 68.9 Å². The fourth-order valence-corrected chi connectivity index (χ4v) is 8.84. The number of benzene rings is 4. The molecule has 0 atom stereocenters. The van der Waals surface area contributed by atoms with Crippen molar-refractivity contribution in [2.75, 3.05) is 0 Å². The molecule has 16 nitrogen and oxygen atoms in total. The van der Waals surface area contributed by atoms with E-state index >= 15 is 0 Å². The van der Waals surface area contributed by atoms with Gasteiger partial charge in [-0.2, -0.15) is 0 Å². The molecule has 4 aromatic carbocycles. The van der Waals surface area contributed by atoms with E-state index in [0.717, 1.165) is 0 Å². The van der Waals surface area contributed by atoms with Crippen molar-refractivity contribution in [1.29, 1.82) is 0 Å². The molecular formula is C55H37N12O4Zn+3. The first kappa shape index (κ1) is 43.9. The van der Waals surface area contributed by atoms with Crippen molar-refractivity contribution in [1.82, 2.24) is 44.9 Å². The molecule has 13 rings (SSSR count). The van der Waals surface area contributed by atoms with Crippen molar-refractivity contribution >= 4 is 44.1 Å². The number of hydrogen-bond acceptors (Lipinski definition) is 11. The maximum absolute atomic E-state index is 6.64. The normalized spacial score (nSPS) is 11.4. The van der Waals surface area contributed by atoms with E-state index < -0.39 is 0 Å². The molecule has 7 aromatic heterocycles. The van der Waals surface area contributed by atoms with Crippen LogP contribution in [0.4, 0.5) is 0 Å². The molecule has 0 amide bonds. The number of ether oxygens (including phenoxy) is 4. The summed E-state index contributed by atoms with van der Waals surface area (Å²) in [6.07, 6.45) is 14.8. The molecule has 0 spiro atoms. The zero-order valence-electron chi connectivity index (χ0n) is 38.9. The van der Waals surface area contributed by atoms with E-state index in [9.17, 15) is 0 Å². The predicted octanol–water partition coefficient (Wildman–Crippen LogP) is 9.16. The van der Waals surface area contributed by atoms with Crippen LogP contribution < -0.4 is 42.6 Å². The summed E-state index contributed by atoms with van der Waals surface area (Å²) in [6.45, 7) is 0. The zero-order valence-corrected chi connectivity index (χ0v) is 41.8. The Kier molecular flexibility index (Phi) is 10.9. The van der Waals surface area contributed by atoms with Gasteiger partial charge in [-0.3, -0.25) is 4.98 Å². The first-order valence-electron chi connectivity index (χ1n) is 22.6. The summed E-state index contributed by atoms with van der Waals surface area (Å²) >= 11 is 0. The van der Waals surface area contributed by atoms with E-state index in [1.54, 1.807) is 12.4 Å². The second-order valence-corrected chi connectivity index (χ2v) is 16.9. The first-order valence-corrected chi connectivity index (χ1v) is 22.6. The van der Waals surface area contributed by atoms with E-state index in [1.165, 1.54) is 0 Å². The van der Waals surface area contributed by atoms with Gasteiger partial charge in [-0.05, 0) is 65.4 Å². The third kappa shape index (κ3) is 7.96. The second kappa shape index (κ2) is 17.9. The van der Waals surface area contributed by atoms with Gasteiger partial charge in [0.1, 0.15) is 49.9 Å². The molecule has 0 N–H and O–H groups in total. The summed E-state index contributed by atoms with van der Waals surface area (Å²) in [5.41, 5.74) is 3.85. The monoisotopic (exact) mass is 993 g/mol. The number of aryl methyl sites for hydroxylation is 3. The standard InChI is InChI=1S/C55H37N12O4.Zn/c1-65-25-9-13-33(29-65)69-41-21-5-16-36-45(41)52-58-48(36)57-49-37-17-6-23-43(71-35-15-11-27-67(3)31-35)47(37)55(59-49)64-54-44-38(18-4-20-40(44)68-32-12-8-24-56-28-32)51(63-54)62-53-46-39(50(60-52)61-53)19-7-22-42(46)70-34-14-10-26-66(2)30-34;/h4-31H,1-3H3;/q+1;+2. The van der Waals surface area contributed by atoms with Crippen LogP contribution in [0.2, 0.25) is 0 Å². The number of rotatable bonds is 8. The Morgan fingerprint density at radius 2 is 0.792 bits per heavy atom. The Morgan fingerprint density at radius 3 is 1.26 bits per heavy atom. The van der Waals surface area contributed by atoms with Gasteiger partial charge in [0.25, 0.3) is 0 Å². The molecule has 0 aliphatic carbocycles. The van der Waals surface area contributed by atoms with Gasteiger partial charge >= 0.3 is 19.5 Å². The minimum atomic E-state index is 0. The first-order chi connectivity index (χ1) is 34.8. The molecule has 0 unspecified atom stereocenters. The Morgan fingerprint density at radius 1 is 0.389 bits per heavy atom. The van der Waals surface area contributed by atoms with Gasteiger partial charge < -0.3 is 48.9 Å². The minimum Gasteiger partial charge on any atom is -0.455 e. The van der Waals surface area contributed by atoms with Crippen LogP contribution in [-0.2, 0) is 40.6 Å². The maximum Gasteiger partial charge on any atom is 2.00 e. The smallest absolute Gasteiger partial charge is 0.455 e. The van der Waals surface area contributed by atoms with Gasteiger partial charge in [0.2, 0.25) is 18.6 Å². The molecule has 0 saturated carbocycles. The molecule has 340 valence electrons. The quantitative estimate of drug-likeness (QED) is 0.105. The fourth-order valence-electron chi connectivity index (χ4n) is 8.84. The van der Waals surface area contributed by atoms with Gasteiger partial charge in [-0.1, -0.05) is 48.5 Å². The summed E-state index contributed by atoms with van der Waals surface area (Å²) in [4.78, 5) is 46.1. The van der Waals surface area contributed by atoms with Crippen LogP contribution in [0.25, 0.3) is 89.7 Å². The third-order valence-electron chi connectivity index (χ3n) is 11.9. The molecule has 9 heterocycles. The number of aromatic nitrogens is 12. The average molecular weight is 995 g/mol. The number of nitrogens with zero attached hydrogens (tertiary/aromatic N) is 12. The summed E-state index contributed by atoms with van der Waals surface area (Å²) in [5, 5.41) is 2.55. The van der Waals surface area contributed by atoms with E-state index in [4.69, 9.17) is 58.8 Å². The molecule has 8 bridgehead atoms. The maximum atomic E-state index is 6.64. The average Bonchev–Trinajstić information content (AvgIpc) is 4.11. The van der Waals surface area contributed by atoms with Gasteiger partial charge in [0.15, 0.2) is 35.8 Å². The van der Waals surface area contributed by atoms with Crippen LogP contribution in [0.3, 0.4) is 0 Å². The topological polar surface area (TPSA) is 167 Å². The minimum absolute atomic E-state index is 0. The summed E-state index contributed by atoms with van der Waals surface area (Å²) in [6, 6.07) is 38.0. The van der Waals surface area contributed by atoms with Crippen molar-refractivity contribution in [2.24, 2.45) is 21.1 Å². The van der Waals surface area contributed by atoms with E-state index in [0.29, 0.717) is 136 Å². The van der Waals surface area contributed by atoms with Crippen molar-refractivity contribution in [3.05, 3.63) is 171 Å². The molecular weight excluding hydrogens is 958 g/mol. The molecule has 72 heavy (non-hydrogen) atoms. The molecule has 2 aliphatic rings. The van der Waals surface area contributed by atoms with E-state index in [1.807, 2.05) is 193 Å². The molecule has 17 heteroatoms. The number of pyridine rings is 4. The molecule has 0 fully saturated rings. The van der Waals surface area contributed by atoms with Gasteiger partial charge in [-0.15, -0.1) is 0 Å². The predicted molar refractivity (Wildman–Crippen MR) is 261 cm³/mol. The Bertz CT molecular complexity index is 4150. The van der Waals surface area contributed by atoms with E-state index in [-0.39, 0.29) is 19.5 Å². The number of fused-ring (bicyclic) bond motifs is 20. The molecule has 2 aliphatic heterocycles. The van der Waals surface area contributed by atoms with Crippen LogP contribution in [0, 0.1) is 0 Å². The van der Waals surface area contributed by atoms with Crippen molar-refractivity contribution in [3.8, 4) is 91.5 Å². The summed E-state index contributed by atoms with van der Waals surface area (Å²) in [5.74, 6) is 5.71. The molecule has 11 aromatic rings. The van der Waals surface area contributed by atoms with Gasteiger partial charge in [0.05, 0.1) is 40.6 Å². The van der Waals surface area contributed by atoms with Crippen LogP contribution in [0.15, 0.2) is 171 Å². The van der Waals surface area contributed by atoms with Crippen LogP contribution in [0.5, 0.6) is 46.0 Å². The van der Waals surface area contributed by atoms with Gasteiger partial charge in [-0.25, -0.2) is 23.7 Å². The fraction of sp³-hybridized carbons (Fsp3) is 0.0545. The second-order valence-electron chi connectivity index (χ2n) is 16.9. The van der Waals surface area contributed by atoms with Crippen LogP contribution in [-0.4, -0.2) is 34.9 Å². The summed E-state index contributed by atoms with van der Waals surface area (Å²) in [7, 11) is 5.81. The number of hydrogen-bond donors (Lipinski definition) is 0. The van der Waals surface area contributed by atoms with E-state index in [2.05, 4.69) is 4.98 Å². The van der Waals surface area contributed by atoms with Crippen LogP contribution in [0.1, 0.15) is 0 Å². The SMILES string of the molecule is C[n+]1cccc(Oc2cccc3c2-c2nc-3nc3[n-]c(nc4nc(nc5[n-]c(n2)c2cccc(Oc6ccc[n+](C)c6)c52)-c2cccc(Oc5cccnc5)c2-4)c2c(Oc4ccc[n+](C)c4)cccc32)c1.[Zn+2]. The molecule has 0 radical (unpaired) electrons. The van der Waals surface area contributed by atoms with Crippen molar-refractivity contribution in [3.63, 3.8) is 0 Å². The Hall–Kier alpha value is -9.34. The Labute approximate surface area is 422 Å². The largest absolute Gasteiger partial charge is 2.00 e. The van der Waals surface area contributed by atoms with Crippen molar-refractivity contribution < 1.29 is 52.1 Å². The van der Waals surface area contributed by atoms with Crippen molar-refractivity contribution in [2.45, 2.75) is 0 Å². The Balaban J connectivity index is 0.00000530.